The van der Waals surface area contributed by atoms with E-state index in [1.807, 2.05) is 32.2 Å². The Hall–Kier alpha value is -1.31. The number of nitrogens with zero attached hydrogens (tertiary/aromatic N) is 3. The maximum absolute atomic E-state index is 5.53. The average molecular weight is 418 g/mol. The third kappa shape index (κ3) is 7.11. The molecule has 0 unspecified atom stereocenters. The second-order valence-electron chi connectivity index (χ2n) is 4.65. The van der Waals surface area contributed by atoms with E-state index in [0.29, 0.717) is 19.0 Å². The lowest BCUT2D eigenvalue weighted by Gasteiger charge is -2.22. The molecule has 0 amide bonds. The number of unbranched alkanes of at least 4 members (excludes halogenated alkanes) is 1. The van der Waals surface area contributed by atoms with Crippen molar-refractivity contribution in [1.82, 2.24) is 15.2 Å². The van der Waals surface area contributed by atoms with Crippen LogP contribution in [0.15, 0.2) is 36.0 Å². The Bertz CT molecular complexity index is 465. The van der Waals surface area contributed by atoms with Crippen LogP contribution in [-0.2, 0) is 6.54 Å². The molecule has 1 rings (SSSR count). The number of guanidine groups is 1. The maximum Gasteiger partial charge on any atom is 0.218 e. The van der Waals surface area contributed by atoms with Crippen LogP contribution in [0.5, 0.6) is 5.88 Å². The first-order valence-electron chi connectivity index (χ1n) is 7.32. The molecule has 1 heterocycles. The topological polar surface area (TPSA) is 49.8 Å². The van der Waals surface area contributed by atoms with Gasteiger partial charge in [0.1, 0.15) is 0 Å². The van der Waals surface area contributed by atoms with E-state index in [4.69, 9.17) is 4.74 Å². The number of allylic oxidation sites excluding steroid dienone is 1. The summed E-state index contributed by atoms with van der Waals surface area (Å²) in [5.74, 6) is 1.54. The number of halogens is 1. The van der Waals surface area contributed by atoms with Gasteiger partial charge in [0, 0.05) is 38.9 Å². The molecule has 1 aromatic heterocycles. The summed E-state index contributed by atoms with van der Waals surface area (Å²) < 4.78 is 5.53. The third-order valence-corrected chi connectivity index (χ3v) is 3.04. The molecule has 0 aromatic carbocycles. The molecule has 0 saturated heterocycles. The molecular weight excluding hydrogens is 391 g/mol. The van der Waals surface area contributed by atoms with Gasteiger partial charge in [-0.25, -0.2) is 4.98 Å². The second kappa shape index (κ2) is 12.3. The number of nitrogens with one attached hydrogen (secondary N) is 1. The predicted molar refractivity (Wildman–Crippen MR) is 103 cm³/mol. The summed E-state index contributed by atoms with van der Waals surface area (Å²) in [4.78, 5) is 10.7. The van der Waals surface area contributed by atoms with Crippen molar-refractivity contribution < 1.29 is 4.74 Å². The molecule has 5 nitrogen and oxygen atoms in total. The number of hydrogen-bond donors (Lipinski definition) is 1. The molecule has 6 heteroatoms. The molecule has 1 aromatic rings. The molecule has 0 bridgehead atoms. The molecule has 22 heavy (non-hydrogen) atoms. The van der Waals surface area contributed by atoms with Crippen molar-refractivity contribution >= 4 is 29.9 Å². The van der Waals surface area contributed by atoms with E-state index < -0.39 is 0 Å². The molecule has 0 aliphatic rings. The van der Waals surface area contributed by atoms with Crippen molar-refractivity contribution in [3.05, 3.63) is 36.5 Å². The molecule has 1 N–H and O–H groups in total. The summed E-state index contributed by atoms with van der Waals surface area (Å²) in [5.41, 5.74) is 1.03. The van der Waals surface area contributed by atoms with Crippen LogP contribution < -0.4 is 10.1 Å². The summed E-state index contributed by atoms with van der Waals surface area (Å²) in [6.07, 6.45) is 5.76. The lowest BCUT2D eigenvalue weighted by Crippen LogP contribution is -2.39. The fourth-order valence-electron chi connectivity index (χ4n) is 1.96. The van der Waals surface area contributed by atoms with Gasteiger partial charge in [-0.1, -0.05) is 12.1 Å². The Morgan fingerprint density at radius 3 is 2.95 bits per heavy atom. The van der Waals surface area contributed by atoms with Crippen LogP contribution in [0.4, 0.5) is 0 Å². The number of aliphatic imine (C=N–C) groups is 1. The van der Waals surface area contributed by atoms with Crippen molar-refractivity contribution in [1.29, 1.82) is 0 Å². The highest BCUT2D eigenvalue weighted by Crippen LogP contribution is 2.13. The summed E-state index contributed by atoms with van der Waals surface area (Å²) >= 11 is 0. The lowest BCUT2D eigenvalue weighted by molar-refractivity contribution is 0.322. The van der Waals surface area contributed by atoms with Gasteiger partial charge in [-0.05, 0) is 25.8 Å². The van der Waals surface area contributed by atoms with Gasteiger partial charge in [0.25, 0.3) is 0 Å². The van der Waals surface area contributed by atoms with E-state index in [1.54, 1.807) is 13.2 Å². The normalized spacial score (nSPS) is 10.6. The van der Waals surface area contributed by atoms with Crippen molar-refractivity contribution in [2.24, 2.45) is 4.99 Å². The highest BCUT2D eigenvalue weighted by atomic mass is 127. The zero-order valence-electron chi connectivity index (χ0n) is 13.7. The van der Waals surface area contributed by atoms with Crippen molar-refractivity contribution in [2.75, 3.05) is 27.2 Å². The van der Waals surface area contributed by atoms with Crippen molar-refractivity contribution in [2.45, 2.75) is 26.3 Å². The van der Waals surface area contributed by atoms with Crippen LogP contribution in [0.25, 0.3) is 0 Å². The Kier molecular flexibility index (Phi) is 11.5. The fourth-order valence-corrected chi connectivity index (χ4v) is 1.96. The van der Waals surface area contributed by atoms with Crippen LogP contribution in [0.3, 0.4) is 0 Å². The average Bonchev–Trinajstić information content (AvgIpc) is 2.50. The van der Waals surface area contributed by atoms with Crippen LogP contribution in [0.2, 0.25) is 0 Å². The number of pyridine rings is 1. The first kappa shape index (κ1) is 20.7. The van der Waals surface area contributed by atoms with Crippen LogP contribution >= 0.6 is 24.0 Å². The second-order valence-corrected chi connectivity index (χ2v) is 4.65. The number of ether oxygens (including phenoxy) is 1. The SMILES string of the molecule is C=CCCCN(C)C(=NC)NCc1cccnc1OCC.I. The van der Waals surface area contributed by atoms with Gasteiger partial charge in [0.15, 0.2) is 5.96 Å². The largest absolute Gasteiger partial charge is 0.478 e. The monoisotopic (exact) mass is 418 g/mol. The van der Waals surface area contributed by atoms with Gasteiger partial charge in [0.2, 0.25) is 5.88 Å². The summed E-state index contributed by atoms with van der Waals surface area (Å²) in [5, 5.41) is 3.34. The molecule has 0 atom stereocenters. The molecule has 0 fully saturated rings. The van der Waals surface area contributed by atoms with E-state index >= 15 is 0 Å². The molecule has 0 aliphatic heterocycles. The van der Waals surface area contributed by atoms with E-state index in [0.717, 1.165) is 30.9 Å². The van der Waals surface area contributed by atoms with Gasteiger partial charge in [-0.2, -0.15) is 0 Å². The highest BCUT2D eigenvalue weighted by Gasteiger charge is 2.08. The fraction of sp³-hybridized carbons (Fsp3) is 0.500. The first-order chi connectivity index (χ1) is 10.2. The molecule has 124 valence electrons. The van der Waals surface area contributed by atoms with Gasteiger partial charge in [0.05, 0.1) is 6.61 Å². The quantitative estimate of drug-likeness (QED) is 0.232. The Morgan fingerprint density at radius 1 is 1.55 bits per heavy atom. The molecule has 0 aliphatic carbocycles. The van der Waals surface area contributed by atoms with E-state index in [-0.39, 0.29) is 24.0 Å². The minimum absolute atomic E-state index is 0. The number of hydrogen-bond acceptors (Lipinski definition) is 3. The first-order valence-corrected chi connectivity index (χ1v) is 7.32. The summed E-state index contributed by atoms with van der Waals surface area (Å²) in [6.45, 7) is 7.89. The minimum Gasteiger partial charge on any atom is -0.478 e. The number of rotatable bonds is 8. The lowest BCUT2D eigenvalue weighted by atomic mass is 10.2. The standard InChI is InChI=1S/C16H26N4O.HI/c1-5-7-8-12-20(4)16(17-3)19-13-14-10-9-11-18-15(14)21-6-2;/h5,9-11H,1,6-8,12-13H2,2-4H3,(H,17,19);1H. The summed E-state index contributed by atoms with van der Waals surface area (Å²) in [7, 11) is 3.82. The Balaban J connectivity index is 0.00000441. The zero-order chi connectivity index (χ0) is 15.5. The molecular formula is C16H27IN4O. The third-order valence-electron chi connectivity index (χ3n) is 3.04. The van der Waals surface area contributed by atoms with Crippen LogP contribution in [-0.4, -0.2) is 43.1 Å². The molecule has 0 saturated carbocycles. The molecule has 0 spiro atoms. The smallest absolute Gasteiger partial charge is 0.218 e. The predicted octanol–water partition coefficient (Wildman–Crippen LogP) is 3.07. The Morgan fingerprint density at radius 2 is 2.32 bits per heavy atom. The van der Waals surface area contributed by atoms with Gasteiger partial charge in [-0.3, -0.25) is 4.99 Å². The highest BCUT2D eigenvalue weighted by molar-refractivity contribution is 14.0. The van der Waals surface area contributed by atoms with Gasteiger partial charge in [-0.15, -0.1) is 30.6 Å². The van der Waals surface area contributed by atoms with Crippen LogP contribution in [0.1, 0.15) is 25.3 Å². The van der Waals surface area contributed by atoms with Gasteiger partial charge >= 0.3 is 0 Å². The van der Waals surface area contributed by atoms with E-state index in [1.165, 1.54) is 0 Å². The zero-order valence-corrected chi connectivity index (χ0v) is 16.0. The van der Waals surface area contributed by atoms with Crippen molar-refractivity contribution in [3.8, 4) is 5.88 Å². The minimum atomic E-state index is 0. The number of aromatic nitrogens is 1. The van der Waals surface area contributed by atoms with Crippen LogP contribution in [0, 0.1) is 0 Å². The van der Waals surface area contributed by atoms with Gasteiger partial charge < -0.3 is 15.0 Å². The summed E-state index contributed by atoms with van der Waals surface area (Å²) in [6, 6.07) is 3.92. The Labute approximate surface area is 150 Å². The molecule has 0 radical (unpaired) electrons. The van der Waals surface area contributed by atoms with Crippen molar-refractivity contribution in [3.63, 3.8) is 0 Å². The van der Waals surface area contributed by atoms with E-state index in [9.17, 15) is 0 Å². The van der Waals surface area contributed by atoms with E-state index in [2.05, 4.69) is 26.8 Å². The maximum atomic E-state index is 5.53.